The molecule has 2 aromatic rings. The Bertz CT molecular complexity index is 550. The second-order valence-corrected chi connectivity index (χ2v) is 4.85. The maximum atomic E-state index is 11.6. The molecule has 0 unspecified atom stereocenters. The Morgan fingerprint density at radius 2 is 2.20 bits per heavy atom. The molecule has 1 heterocycles. The van der Waals surface area contributed by atoms with Gasteiger partial charge >= 0.3 is 0 Å². The minimum atomic E-state index is -0.0899. The molecule has 0 amide bonds. The summed E-state index contributed by atoms with van der Waals surface area (Å²) in [6, 6.07) is 5.41. The van der Waals surface area contributed by atoms with Crippen molar-refractivity contribution in [1.82, 2.24) is 4.98 Å². The van der Waals surface area contributed by atoms with E-state index in [0.717, 1.165) is 16.0 Å². The molecule has 0 radical (unpaired) electrons. The third kappa shape index (κ3) is 2.03. The van der Waals surface area contributed by atoms with Crippen LogP contribution in [0.3, 0.4) is 0 Å². The predicted molar refractivity (Wildman–Crippen MR) is 66.0 cm³/mol. The molecule has 4 heteroatoms. The second-order valence-electron chi connectivity index (χ2n) is 3.10. The van der Waals surface area contributed by atoms with Gasteiger partial charge in [-0.2, -0.15) is 0 Å². The number of H-pyrrole nitrogens is 1. The van der Waals surface area contributed by atoms with E-state index < -0.39 is 0 Å². The molecular weight excluding hydrogens is 230 g/mol. The number of rotatable bonds is 2. The van der Waals surface area contributed by atoms with E-state index in [9.17, 15) is 4.79 Å². The zero-order valence-corrected chi connectivity index (χ0v) is 9.78. The van der Waals surface area contributed by atoms with Gasteiger partial charge < -0.3 is 4.98 Å². The molecule has 2 rings (SSSR count). The van der Waals surface area contributed by atoms with E-state index in [-0.39, 0.29) is 5.56 Å². The second kappa shape index (κ2) is 4.29. The molecule has 0 aliphatic heterocycles. The normalized spacial score (nSPS) is 10.8. The molecule has 0 atom stereocenters. The molecular formula is C11H10ClNOS. The minimum absolute atomic E-state index is 0.0899. The van der Waals surface area contributed by atoms with Crippen molar-refractivity contribution in [2.45, 2.75) is 11.8 Å². The summed E-state index contributed by atoms with van der Waals surface area (Å²) < 4.78 is 0. The number of thioether (sulfide) groups is 1. The minimum Gasteiger partial charge on any atom is -0.327 e. The van der Waals surface area contributed by atoms with Crippen LogP contribution in [0.1, 0.15) is 6.92 Å². The number of aromatic nitrogens is 1. The Kier molecular flexibility index (Phi) is 3.03. The molecule has 1 N–H and O–H groups in total. The molecule has 0 bridgehead atoms. The maximum absolute atomic E-state index is 11.6. The number of fused-ring (bicyclic) bond motifs is 1. The van der Waals surface area contributed by atoms with Gasteiger partial charge in [-0.15, -0.1) is 11.8 Å². The summed E-state index contributed by atoms with van der Waals surface area (Å²) in [5, 5.41) is 2.21. The molecule has 0 aliphatic carbocycles. The first-order chi connectivity index (χ1) is 7.22. The Morgan fingerprint density at radius 1 is 1.40 bits per heavy atom. The number of hydrogen-bond acceptors (Lipinski definition) is 2. The number of halogens is 1. The maximum Gasteiger partial charge on any atom is 0.255 e. The Hall–Kier alpha value is -0.930. The standard InChI is InChI=1S/C11H10ClNOS/c1-2-15-10-6-13-11(14)9-5-7(12)3-4-8(9)10/h3-6H,2H2,1H3,(H,13,14). The first kappa shape index (κ1) is 10.6. The Morgan fingerprint density at radius 3 is 2.93 bits per heavy atom. The van der Waals surface area contributed by atoms with Crippen LogP contribution in [0.15, 0.2) is 34.1 Å². The average molecular weight is 240 g/mol. The van der Waals surface area contributed by atoms with E-state index in [0.29, 0.717) is 10.4 Å². The fourth-order valence-electron chi connectivity index (χ4n) is 1.48. The van der Waals surface area contributed by atoms with Gasteiger partial charge in [-0.05, 0) is 17.9 Å². The fraction of sp³-hybridized carbons (Fsp3) is 0.182. The van der Waals surface area contributed by atoms with Crippen molar-refractivity contribution >= 4 is 34.1 Å². The van der Waals surface area contributed by atoms with Gasteiger partial charge in [0.15, 0.2) is 0 Å². The van der Waals surface area contributed by atoms with Crippen molar-refractivity contribution in [3.8, 4) is 0 Å². The highest BCUT2D eigenvalue weighted by Gasteiger charge is 2.04. The number of benzene rings is 1. The zero-order valence-electron chi connectivity index (χ0n) is 8.21. The van der Waals surface area contributed by atoms with Crippen LogP contribution in [0, 0.1) is 0 Å². The predicted octanol–water partition coefficient (Wildman–Crippen LogP) is 3.29. The number of pyridine rings is 1. The van der Waals surface area contributed by atoms with Gasteiger partial charge in [-0.25, -0.2) is 0 Å². The zero-order chi connectivity index (χ0) is 10.8. The van der Waals surface area contributed by atoms with E-state index in [1.165, 1.54) is 0 Å². The van der Waals surface area contributed by atoms with E-state index in [1.807, 2.05) is 12.1 Å². The monoisotopic (exact) mass is 239 g/mol. The highest BCUT2D eigenvalue weighted by atomic mass is 35.5. The van der Waals surface area contributed by atoms with Crippen molar-refractivity contribution in [2.75, 3.05) is 5.75 Å². The number of hydrogen-bond donors (Lipinski definition) is 1. The van der Waals surface area contributed by atoms with Gasteiger partial charge in [0.1, 0.15) is 0 Å². The van der Waals surface area contributed by atoms with Gasteiger partial charge in [-0.3, -0.25) is 4.79 Å². The van der Waals surface area contributed by atoms with Crippen molar-refractivity contribution in [3.05, 3.63) is 39.8 Å². The van der Waals surface area contributed by atoms with Crippen molar-refractivity contribution in [2.24, 2.45) is 0 Å². The lowest BCUT2D eigenvalue weighted by Gasteiger charge is -2.04. The highest BCUT2D eigenvalue weighted by Crippen LogP contribution is 2.26. The topological polar surface area (TPSA) is 32.9 Å². The molecule has 0 aliphatic rings. The number of aromatic amines is 1. The largest absolute Gasteiger partial charge is 0.327 e. The van der Waals surface area contributed by atoms with Crippen LogP contribution in [0.25, 0.3) is 10.8 Å². The Labute approximate surface area is 96.7 Å². The molecule has 2 nitrogen and oxygen atoms in total. The van der Waals surface area contributed by atoms with Crippen LogP contribution in [0.5, 0.6) is 0 Å². The molecule has 0 spiro atoms. The summed E-state index contributed by atoms with van der Waals surface area (Å²) in [5.41, 5.74) is -0.0899. The van der Waals surface area contributed by atoms with E-state index in [1.54, 1.807) is 24.0 Å². The summed E-state index contributed by atoms with van der Waals surface area (Å²) in [7, 11) is 0. The smallest absolute Gasteiger partial charge is 0.255 e. The lowest BCUT2D eigenvalue weighted by Crippen LogP contribution is -2.05. The summed E-state index contributed by atoms with van der Waals surface area (Å²) in [6.45, 7) is 2.08. The van der Waals surface area contributed by atoms with Crippen molar-refractivity contribution < 1.29 is 0 Å². The summed E-state index contributed by atoms with van der Waals surface area (Å²) in [4.78, 5) is 15.4. The van der Waals surface area contributed by atoms with Gasteiger partial charge in [0, 0.05) is 26.9 Å². The summed E-state index contributed by atoms with van der Waals surface area (Å²) >= 11 is 7.57. The van der Waals surface area contributed by atoms with Gasteiger partial charge in [-0.1, -0.05) is 24.6 Å². The van der Waals surface area contributed by atoms with E-state index >= 15 is 0 Å². The van der Waals surface area contributed by atoms with Crippen LogP contribution >= 0.6 is 23.4 Å². The average Bonchev–Trinajstić information content (AvgIpc) is 2.23. The van der Waals surface area contributed by atoms with Crippen LogP contribution in [-0.2, 0) is 0 Å². The summed E-state index contributed by atoms with van der Waals surface area (Å²) in [6.07, 6.45) is 1.76. The lowest BCUT2D eigenvalue weighted by molar-refractivity contribution is 1.22. The van der Waals surface area contributed by atoms with Gasteiger partial charge in [0.25, 0.3) is 5.56 Å². The SMILES string of the molecule is CCSc1c[nH]c(=O)c2cc(Cl)ccc12. The van der Waals surface area contributed by atoms with Crippen LogP contribution in [-0.4, -0.2) is 10.7 Å². The third-order valence-electron chi connectivity index (χ3n) is 2.13. The van der Waals surface area contributed by atoms with Crippen molar-refractivity contribution in [1.29, 1.82) is 0 Å². The van der Waals surface area contributed by atoms with Gasteiger partial charge in [0.2, 0.25) is 0 Å². The quantitative estimate of drug-likeness (QED) is 0.816. The first-order valence-corrected chi connectivity index (χ1v) is 6.02. The number of nitrogens with one attached hydrogen (secondary N) is 1. The highest BCUT2D eigenvalue weighted by molar-refractivity contribution is 7.99. The van der Waals surface area contributed by atoms with E-state index in [4.69, 9.17) is 11.6 Å². The molecule has 1 aromatic carbocycles. The summed E-state index contributed by atoms with van der Waals surface area (Å²) in [5.74, 6) is 0.976. The van der Waals surface area contributed by atoms with Crippen LogP contribution in [0.2, 0.25) is 5.02 Å². The first-order valence-electron chi connectivity index (χ1n) is 4.66. The molecule has 78 valence electrons. The van der Waals surface area contributed by atoms with Crippen molar-refractivity contribution in [3.63, 3.8) is 0 Å². The van der Waals surface area contributed by atoms with Crippen LogP contribution < -0.4 is 5.56 Å². The van der Waals surface area contributed by atoms with E-state index in [2.05, 4.69) is 11.9 Å². The Balaban J connectivity index is 2.76. The lowest BCUT2D eigenvalue weighted by atomic mass is 10.2. The molecule has 0 fully saturated rings. The molecule has 0 saturated heterocycles. The molecule has 0 saturated carbocycles. The third-order valence-corrected chi connectivity index (χ3v) is 3.30. The van der Waals surface area contributed by atoms with Gasteiger partial charge in [0.05, 0.1) is 0 Å². The molecule has 15 heavy (non-hydrogen) atoms. The fourth-order valence-corrected chi connectivity index (χ4v) is 2.44. The van der Waals surface area contributed by atoms with Crippen LogP contribution in [0.4, 0.5) is 0 Å². The molecule has 1 aromatic heterocycles.